The number of hydrogen-bond acceptors (Lipinski definition) is 2. The fraction of sp³-hybridized carbons (Fsp3) is 0.500. The average molecular weight is 321 g/mol. The van der Waals surface area contributed by atoms with Crippen molar-refractivity contribution in [2.24, 2.45) is 5.92 Å². The summed E-state index contributed by atoms with van der Waals surface area (Å²) in [6, 6.07) is 6.23. The molecule has 2 aliphatic rings. The molecule has 0 N–H and O–H groups in total. The SMILES string of the molecule is CCc1ccc(Br)cc1C12CCC(C1)C(=O)CC2=O. The Morgan fingerprint density at radius 1 is 1.37 bits per heavy atom. The van der Waals surface area contributed by atoms with E-state index in [2.05, 4.69) is 35.0 Å². The quantitative estimate of drug-likeness (QED) is 0.780. The smallest absolute Gasteiger partial charge is 0.150 e. The van der Waals surface area contributed by atoms with Crippen molar-refractivity contribution in [3.8, 4) is 0 Å². The Morgan fingerprint density at radius 2 is 2.16 bits per heavy atom. The molecule has 100 valence electrons. The number of Topliss-reactive ketones (excluding diaryl/α,β-unsaturated/α-hetero) is 2. The predicted molar refractivity (Wildman–Crippen MR) is 77.2 cm³/mol. The average Bonchev–Trinajstić information content (AvgIpc) is 2.80. The Balaban J connectivity index is 2.13. The molecule has 0 heterocycles. The standard InChI is InChI=1S/C16H17BrO2/c1-2-10-3-4-12(17)7-13(10)16-6-5-11(9-16)14(18)8-15(16)19/h3-4,7,11H,2,5-6,8-9H2,1H3. The first-order valence-electron chi connectivity index (χ1n) is 6.92. The molecular formula is C16H17BrO2. The van der Waals surface area contributed by atoms with Crippen LogP contribution in [0.15, 0.2) is 22.7 Å². The molecule has 0 aromatic heterocycles. The van der Waals surface area contributed by atoms with Crippen molar-refractivity contribution in [1.29, 1.82) is 0 Å². The van der Waals surface area contributed by atoms with Crippen molar-refractivity contribution in [3.63, 3.8) is 0 Å². The number of rotatable bonds is 2. The Kier molecular flexibility index (Phi) is 3.12. The molecule has 2 atom stereocenters. The number of ketones is 2. The van der Waals surface area contributed by atoms with Gasteiger partial charge in [0.05, 0.1) is 11.8 Å². The first-order valence-corrected chi connectivity index (χ1v) is 7.71. The highest BCUT2D eigenvalue weighted by molar-refractivity contribution is 9.10. The van der Waals surface area contributed by atoms with Crippen LogP contribution in [-0.2, 0) is 21.4 Å². The summed E-state index contributed by atoms with van der Waals surface area (Å²) >= 11 is 3.51. The molecule has 0 spiro atoms. The van der Waals surface area contributed by atoms with Crippen LogP contribution in [0, 0.1) is 5.92 Å². The van der Waals surface area contributed by atoms with Crippen LogP contribution in [-0.4, -0.2) is 11.6 Å². The number of fused-ring (bicyclic) bond motifs is 2. The maximum Gasteiger partial charge on any atom is 0.150 e. The molecule has 0 amide bonds. The van der Waals surface area contributed by atoms with Crippen LogP contribution < -0.4 is 0 Å². The van der Waals surface area contributed by atoms with Gasteiger partial charge in [-0.3, -0.25) is 9.59 Å². The normalized spacial score (nSPS) is 29.9. The molecular weight excluding hydrogens is 304 g/mol. The highest BCUT2D eigenvalue weighted by Gasteiger charge is 2.53. The van der Waals surface area contributed by atoms with Crippen LogP contribution in [0.1, 0.15) is 43.7 Å². The topological polar surface area (TPSA) is 34.1 Å². The first-order chi connectivity index (χ1) is 9.06. The molecule has 0 radical (unpaired) electrons. The molecule has 2 fully saturated rings. The van der Waals surface area contributed by atoms with Gasteiger partial charge in [-0.05, 0) is 48.9 Å². The minimum atomic E-state index is -0.381. The Morgan fingerprint density at radius 3 is 2.89 bits per heavy atom. The molecule has 2 unspecified atom stereocenters. The Labute approximate surface area is 121 Å². The van der Waals surface area contributed by atoms with Gasteiger partial charge in [-0.25, -0.2) is 0 Å². The maximum absolute atomic E-state index is 12.5. The van der Waals surface area contributed by atoms with E-state index in [0.717, 1.165) is 35.7 Å². The summed E-state index contributed by atoms with van der Waals surface area (Å²) in [5, 5.41) is 0. The molecule has 3 heteroatoms. The van der Waals surface area contributed by atoms with Crippen LogP contribution in [0.4, 0.5) is 0 Å². The van der Waals surface area contributed by atoms with Gasteiger partial charge >= 0.3 is 0 Å². The van der Waals surface area contributed by atoms with E-state index >= 15 is 0 Å². The van der Waals surface area contributed by atoms with E-state index in [1.165, 1.54) is 5.56 Å². The number of hydrogen-bond donors (Lipinski definition) is 0. The lowest BCUT2D eigenvalue weighted by molar-refractivity contribution is -0.134. The lowest BCUT2D eigenvalue weighted by Crippen LogP contribution is -2.40. The van der Waals surface area contributed by atoms with Crippen LogP contribution in [0.3, 0.4) is 0 Å². The summed E-state index contributed by atoms with van der Waals surface area (Å²) in [6.07, 6.45) is 3.51. The molecule has 2 bridgehead atoms. The van der Waals surface area contributed by atoms with Crippen molar-refractivity contribution in [1.82, 2.24) is 0 Å². The summed E-state index contributed by atoms with van der Waals surface area (Å²) in [5.41, 5.74) is 2.02. The van der Waals surface area contributed by atoms with Gasteiger partial charge in [0, 0.05) is 10.4 Å². The largest absolute Gasteiger partial charge is 0.299 e. The maximum atomic E-state index is 12.5. The minimum absolute atomic E-state index is 0.112. The highest BCUT2D eigenvalue weighted by Crippen LogP contribution is 2.50. The molecule has 2 aliphatic carbocycles. The number of carbonyl (C=O) groups is 2. The van der Waals surface area contributed by atoms with Crippen molar-refractivity contribution in [3.05, 3.63) is 33.8 Å². The second kappa shape index (κ2) is 4.55. The zero-order chi connectivity index (χ0) is 13.6. The summed E-state index contributed by atoms with van der Waals surface area (Å²) in [6.45, 7) is 2.12. The van der Waals surface area contributed by atoms with Crippen molar-refractivity contribution >= 4 is 27.5 Å². The van der Waals surface area contributed by atoms with Gasteiger partial charge in [0.1, 0.15) is 5.78 Å². The second-order valence-electron chi connectivity index (χ2n) is 5.74. The lowest BCUT2D eigenvalue weighted by Gasteiger charge is -2.33. The molecule has 2 saturated carbocycles. The van der Waals surface area contributed by atoms with Crippen molar-refractivity contribution < 1.29 is 9.59 Å². The van der Waals surface area contributed by atoms with E-state index in [0.29, 0.717) is 0 Å². The molecule has 1 aromatic rings. The third kappa shape index (κ3) is 1.90. The molecule has 19 heavy (non-hydrogen) atoms. The van der Waals surface area contributed by atoms with Crippen molar-refractivity contribution in [2.45, 2.75) is 44.4 Å². The van der Waals surface area contributed by atoms with E-state index in [9.17, 15) is 9.59 Å². The summed E-state index contributed by atoms with van der Waals surface area (Å²) in [4.78, 5) is 24.4. The third-order valence-electron chi connectivity index (χ3n) is 4.81. The van der Waals surface area contributed by atoms with Gasteiger partial charge in [-0.15, -0.1) is 0 Å². The van der Waals surface area contributed by atoms with Gasteiger partial charge in [0.2, 0.25) is 0 Å². The predicted octanol–water partition coefficient (Wildman–Crippen LogP) is 3.59. The van der Waals surface area contributed by atoms with Gasteiger partial charge in [-0.2, -0.15) is 0 Å². The molecule has 2 nitrogen and oxygen atoms in total. The lowest BCUT2D eigenvalue weighted by atomic mass is 9.68. The number of aryl methyl sites for hydroxylation is 1. The fourth-order valence-corrected chi connectivity index (χ4v) is 4.10. The number of halogens is 1. The number of carbonyl (C=O) groups excluding carboxylic acids is 2. The van der Waals surface area contributed by atoms with Gasteiger partial charge < -0.3 is 0 Å². The van der Waals surface area contributed by atoms with Crippen LogP contribution >= 0.6 is 15.9 Å². The zero-order valence-corrected chi connectivity index (χ0v) is 12.6. The molecule has 1 aromatic carbocycles. The first kappa shape index (κ1) is 13.0. The van der Waals surface area contributed by atoms with E-state index in [-0.39, 0.29) is 29.3 Å². The zero-order valence-electron chi connectivity index (χ0n) is 11.0. The molecule has 0 aliphatic heterocycles. The third-order valence-corrected chi connectivity index (χ3v) is 5.30. The van der Waals surface area contributed by atoms with Gasteiger partial charge in [0.15, 0.2) is 5.78 Å². The van der Waals surface area contributed by atoms with E-state index < -0.39 is 0 Å². The van der Waals surface area contributed by atoms with Crippen LogP contribution in [0.2, 0.25) is 0 Å². The molecule has 0 saturated heterocycles. The fourth-order valence-electron chi connectivity index (χ4n) is 3.74. The summed E-state index contributed by atoms with van der Waals surface area (Å²) in [5.74, 6) is 0.409. The van der Waals surface area contributed by atoms with Crippen LogP contribution in [0.5, 0.6) is 0 Å². The summed E-state index contributed by atoms with van der Waals surface area (Å²) < 4.78 is 1.02. The van der Waals surface area contributed by atoms with Crippen LogP contribution in [0.25, 0.3) is 0 Å². The van der Waals surface area contributed by atoms with Crippen molar-refractivity contribution in [2.75, 3.05) is 0 Å². The van der Waals surface area contributed by atoms with E-state index in [4.69, 9.17) is 0 Å². The van der Waals surface area contributed by atoms with E-state index in [1.807, 2.05) is 6.07 Å². The van der Waals surface area contributed by atoms with Gasteiger partial charge in [0.25, 0.3) is 0 Å². The Hall–Kier alpha value is -0.960. The number of benzene rings is 1. The highest BCUT2D eigenvalue weighted by atomic mass is 79.9. The van der Waals surface area contributed by atoms with E-state index in [1.54, 1.807) is 0 Å². The van der Waals surface area contributed by atoms with Gasteiger partial charge in [-0.1, -0.05) is 28.9 Å². The summed E-state index contributed by atoms with van der Waals surface area (Å²) in [7, 11) is 0. The Bertz CT molecular complexity index is 564. The monoisotopic (exact) mass is 320 g/mol. The minimum Gasteiger partial charge on any atom is -0.299 e. The second-order valence-corrected chi connectivity index (χ2v) is 6.66. The molecule has 3 rings (SSSR count).